The Morgan fingerprint density at radius 3 is 2.87 bits per heavy atom. The minimum Gasteiger partial charge on any atom is -0.491 e. The number of piperidine rings is 1. The van der Waals surface area contributed by atoms with Gasteiger partial charge in [0.1, 0.15) is 17.9 Å². The highest BCUT2D eigenvalue weighted by Crippen LogP contribution is 2.18. The number of hydrogen-bond acceptors (Lipinski definition) is 5. The van der Waals surface area contributed by atoms with Gasteiger partial charge in [0.05, 0.1) is 6.61 Å². The predicted molar refractivity (Wildman–Crippen MR) is 125 cm³/mol. The molecule has 2 aromatic rings. The van der Waals surface area contributed by atoms with Crippen molar-refractivity contribution in [3.05, 3.63) is 58.0 Å². The zero-order valence-electron chi connectivity index (χ0n) is 18.2. The molecule has 0 radical (unpaired) electrons. The van der Waals surface area contributed by atoms with Crippen LogP contribution < -0.4 is 20.9 Å². The standard InChI is InChI=1S/C23H31N3O4.ClH/c1-3-29-12-13-30-20-8-4-7-19(14-20)25-22(27)21-17(2)9-11-26(23(21)28)16-18-6-5-10-24-15-18;/h4,7-9,11,14,18,24H,3,5-6,10,12-13,15-16H2,1-2H3,(H,25,27);1H. The molecule has 1 atom stereocenters. The predicted octanol–water partition coefficient (Wildman–Crippen LogP) is 3.25. The lowest BCUT2D eigenvalue weighted by atomic mass is 9.99. The van der Waals surface area contributed by atoms with Gasteiger partial charge < -0.3 is 24.7 Å². The van der Waals surface area contributed by atoms with Crippen LogP contribution in [0, 0.1) is 12.8 Å². The van der Waals surface area contributed by atoms with Gasteiger partial charge in [-0.25, -0.2) is 0 Å². The molecule has 1 unspecified atom stereocenters. The maximum atomic E-state index is 13.0. The second-order valence-electron chi connectivity index (χ2n) is 7.57. The van der Waals surface area contributed by atoms with Crippen LogP contribution in [0.1, 0.15) is 35.7 Å². The Balaban J connectivity index is 0.00000341. The van der Waals surface area contributed by atoms with Crippen LogP contribution in [0.3, 0.4) is 0 Å². The monoisotopic (exact) mass is 449 g/mol. The van der Waals surface area contributed by atoms with Gasteiger partial charge in [0.25, 0.3) is 11.5 Å². The molecule has 0 saturated carbocycles. The molecule has 1 aromatic carbocycles. The molecule has 1 saturated heterocycles. The normalized spacial score (nSPS) is 15.7. The van der Waals surface area contributed by atoms with Crippen molar-refractivity contribution in [1.82, 2.24) is 9.88 Å². The van der Waals surface area contributed by atoms with Crippen molar-refractivity contribution in [1.29, 1.82) is 0 Å². The third-order valence-corrected chi connectivity index (χ3v) is 5.25. The number of amides is 1. The molecule has 0 aliphatic carbocycles. The van der Waals surface area contributed by atoms with E-state index < -0.39 is 5.91 Å². The summed E-state index contributed by atoms with van der Waals surface area (Å²) in [5.74, 6) is 0.639. The molecular weight excluding hydrogens is 418 g/mol. The van der Waals surface area contributed by atoms with Gasteiger partial charge in [-0.05, 0) is 69.5 Å². The summed E-state index contributed by atoms with van der Waals surface area (Å²) in [6, 6.07) is 8.98. The highest BCUT2D eigenvalue weighted by Gasteiger charge is 2.19. The third kappa shape index (κ3) is 7.09. The minimum absolute atomic E-state index is 0. The molecule has 0 bridgehead atoms. The van der Waals surface area contributed by atoms with Crippen molar-refractivity contribution < 1.29 is 14.3 Å². The van der Waals surface area contributed by atoms with Crippen molar-refractivity contribution in [2.45, 2.75) is 33.2 Å². The summed E-state index contributed by atoms with van der Waals surface area (Å²) < 4.78 is 12.6. The first-order valence-electron chi connectivity index (χ1n) is 10.6. The second kappa shape index (κ2) is 12.5. The molecule has 170 valence electrons. The van der Waals surface area contributed by atoms with Crippen LogP contribution in [0.15, 0.2) is 41.3 Å². The third-order valence-electron chi connectivity index (χ3n) is 5.25. The summed E-state index contributed by atoms with van der Waals surface area (Å²) in [6.45, 7) is 7.85. The molecule has 8 heteroatoms. The largest absolute Gasteiger partial charge is 0.491 e. The molecule has 1 fully saturated rings. The first kappa shape index (κ1) is 24.9. The van der Waals surface area contributed by atoms with Crippen molar-refractivity contribution in [2.24, 2.45) is 5.92 Å². The number of rotatable bonds is 9. The van der Waals surface area contributed by atoms with Gasteiger partial charge in [0.2, 0.25) is 0 Å². The van der Waals surface area contributed by atoms with Gasteiger partial charge in [-0.15, -0.1) is 12.4 Å². The lowest BCUT2D eigenvalue weighted by Gasteiger charge is -2.23. The average Bonchev–Trinajstić information content (AvgIpc) is 2.74. The van der Waals surface area contributed by atoms with Crippen molar-refractivity contribution in [2.75, 3.05) is 38.2 Å². The quantitative estimate of drug-likeness (QED) is 0.574. The number of nitrogens with zero attached hydrogens (tertiary/aromatic N) is 1. The average molecular weight is 450 g/mol. The number of ether oxygens (including phenoxy) is 2. The maximum absolute atomic E-state index is 13.0. The summed E-state index contributed by atoms with van der Waals surface area (Å²) in [5.41, 5.74) is 1.19. The number of carbonyl (C=O) groups excluding carboxylic acids is 1. The number of anilines is 1. The molecule has 1 amide bonds. The van der Waals surface area contributed by atoms with Gasteiger partial charge >= 0.3 is 0 Å². The summed E-state index contributed by atoms with van der Waals surface area (Å²) in [5, 5.41) is 6.21. The van der Waals surface area contributed by atoms with Crippen LogP contribution in [0.2, 0.25) is 0 Å². The van der Waals surface area contributed by atoms with E-state index in [9.17, 15) is 9.59 Å². The van der Waals surface area contributed by atoms with Crippen LogP contribution in [0.5, 0.6) is 5.75 Å². The molecule has 2 heterocycles. The van der Waals surface area contributed by atoms with Gasteiger partial charge in [-0.3, -0.25) is 9.59 Å². The van der Waals surface area contributed by atoms with Gasteiger partial charge in [-0.1, -0.05) is 6.07 Å². The van der Waals surface area contributed by atoms with E-state index in [0.717, 1.165) is 25.9 Å². The zero-order valence-corrected chi connectivity index (χ0v) is 19.0. The Kier molecular flexibility index (Phi) is 10.0. The smallest absolute Gasteiger partial charge is 0.263 e. The van der Waals surface area contributed by atoms with Crippen molar-refractivity contribution in [3.63, 3.8) is 0 Å². The van der Waals surface area contributed by atoms with Crippen LogP contribution in [-0.2, 0) is 11.3 Å². The van der Waals surface area contributed by atoms with Crippen LogP contribution in [0.4, 0.5) is 5.69 Å². The first-order chi connectivity index (χ1) is 14.6. The Morgan fingerprint density at radius 1 is 1.29 bits per heavy atom. The molecule has 0 spiro atoms. The summed E-state index contributed by atoms with van der Waals surface area (Å²) in [4.78, 5) is 25.9. The number of benzene rings is 1. The molecular formula is C23H32ClN3O4. The fourth-order valence-electron chi connectivity index (χ4n) is 3.66. The number of aryl methyl sites for hydroxylation is 1. The number of carbonyl (C=O) groups is 1. The van der Waals surface area contributed by atoms with Crippen LogP contribution >= 0.6 is 12.4 Å². The van der Waals surface area contributed by atoms with E-state index in [-0.39, 0.29) is 23.5 Å². The number of aromatic nitrogens is 1. The van der Waals surface area contributed by atoms with E-state index in [4.69, 9.17) is 9.47 Å². The van der Waals surface area contributed by atoms with E-state index >= 15 is 0 Å². The molecule has 2 N–H and O–H groups in total. The molecule has 1 aromatic heterocycles. The van der Waals surface area contributed by atoms with Gasteiger partial charge in [0.15, 0.2) is 0 Å². The minimum atomic E-state index is -0.403. The Labute approximate surface area is 189 Å². The summed E-state index contributed by atoms with van der Waals surface area (Å²) in [6.07, 6.45) is 3.99. The van der Waals surface area contributed by atoms with E-state index in [2.05, 4.69) is 10.6 Å². The first-order valence-corrected chi connectivity index (χ1v) is 10.6. The number of pyridine rings is 1. The van der Waals surface area contributed by atoms with Gasteiger partial charge in [0, 0.05) is 31.1 Å². The molecule has 7 nitrogen and oxygen atoms in total. The highest BCUT2D eigenvalue weighted by molar-refractivity contribution is 6.05. The topological polar surface area (TPSA) is 81.6 Å². The van der Waals surface area contributed by atoms with E-state index in [1.807, 2.05) is 19.1 Å². The number of hydrogen-bond donors (Lipinski definition) is 2. The van der Waals surface area contributed by atoms with E-state index in [0.29, 0.717) is 49.3 Å². The highest BCUT2D eigenvalue weighted by atomic mass is 35.5. The fraction of sp³-hybridized carbons (Fsp3) is 0.478. The number of halogens is 1. The SMILES string of the molecule is CCOCCOc1cccc(NC(=O)c2c(C)ccn(CC3CCCNC3)c2=O)c1.Cl. The number of nitrogens with one attached hydrogen (secondary N) is 2. The molecule has 1 aliphatic heterocycles. The lowest BCUT2D eigenvalue weighted by molar-refractivity contribution is 0.102. The van der Waals surface area contributed by atoms with Crippen LogP contribution in [-0.4, -0.2) is 43.4 Å². The molecule has 31 heavy (non-hydrogen) atoms. The Hall–Kier alpha value is -2.35. The Bertz CT molecular complexity index is 910. The van der Waals surface area contributed by atoms with Crippen molar-refractivity contribution >= 4 is 24.0 Å². The molecule has 3 rings (SSSR count). The van der Waals surface area contributed by atoms with Crippen molar-refractivity contribution in [3.8, 4) is 5.75 Å². The summed E-state index contributed by atoms with van der Waals surface area (Å²) in [7, 11) is 0. The molecule has 1 aliphatic rings. The summed E-state index contributed by atoms with van der Waals surface area (Å²) >= 11 is 0. The Morgan fingerprint density at radius 2 is 2.13 bits per heavy atom. The maximum Gasteiger partial charge on any atom is 0.263 e. The van der Waals surface area contributed by atoms with E-state index in [1.54, 1.807) is 35.9 Å². The van der Waals surface area contributed by atoms with E-state index in [1.165, 1.54) is 0 Å². The fourth-order valence-corrected chi connectivity index (χ4v) is 3.66. The van der Waals surface area contributed by atoms with Crippen LogP contribution in [0.25, 0.3) is 0 Å². The van der Waals surface area contributed by atoms with Gasteiger partial charge in [-0.2, -0.15) is 0 Å². The zero-order chi connectivity index (χ0) is 21.3. The lowest BCUT2D eigenvalue weighted by Crippen LogP contribution is -2.36. The second-order valence-corrected chi connectivity index (χ2v) is 7.57.